The van der Waals surface area contributed by atoms with E-state index in [1.807, 2.05) is 0 Å². The van der Waals surface area contributed by atoms with Crippen LogP contribution in [0.2, 0.25) is 0 Å². The summed E-state index contributed by atoms with van der Waals surface area (Å²) < 4.78 is 14.9. The molecule has 118 valence electrons. The van der Waals surface area contributed by atoms with Gasteiger partial charge in [0.15, 0.2) is 12.1 Å². The Balaban J connectivity index is 2.04. The quantitative estimate of drug-likeness (QED) is 0.636. The lowest BCUT2D eigenvalue weighted by molar-refractivity contribution is -0.159. The average molecular weight is 302 g/mol. The fourth-order valence-electron chi connectivity index (χ4n) is 2.32. The first-order chi connectivity index (χ1) is 10.0. The minimum atomic E-state index is -1.11. The Hall–Kier alpha value is -1.87. The standard InChI is InChI=1S/C12H18N2O7/c1-19-11(17)9-6-13(2-5-21-9)12(18)14-3-4-20-7-8(14)10(15)16/h8-9H,2-7H2,1H3,(H,15,16). The van der Waals surface area contributed by atoms with E-state index in [4.69, 9.17) is 14.6 Å². The number of methoxy groups -OCH3 is 1. The number of esters is 1. The third-order valence-corrected chi connectivity index (χ3v) is 3.46. The van der Waals surface area contributed by atoms with Crippen LogP contribution in [-0.2, 0) is 23.8 Å². The van der Waals surface area contributed by atoms with E-state index < -0.39 is 30.1 Å². The lowest BCUT2D eigenvalue weighted by Gasteiger charge is -2.39. The van der Waals surface area contributed by atoms with Crippen LogP contribution in [0.5, 0.6) is 0 Å². The van der Waals surface area contributed by atoms with Crippen LogP contribution in [0.1, 0.15) is 0 Å². The van der Waals surface area contributed by atoms with E-state index >= 15 is 0 Å². The molecule has 1 N–H and O–H groups in total. The number of ether oxygens (including phenoxy) is 3. The van der Waals surface area contributed by atoms with Crippen molar-refractivity contribution in [2.24, 2.45) is 0 Å². The molecule has 2 atom stereocenters. The van der Waals surface area contributed by atoms with Gasteiger partial charge in [-0.05, 0) is 0 Å². The topological polar surface area (TPSA) is 106 Å². The Bertz CT molecular complexity index is 428. The number of rotatable bonds is 2. The third kappa shape index (κ3) is 3.42. The average Bonchev–Trinajstić information content (AvgIpc) is 2.53. The van der Waals surface area contributed by atoms with Gasteiger partial charge in [0, 0.05) is 13.1 Å². The van der Waals surface area contributed by atoms with E-state index in [1.165, 1.54) is 16.9 Å². The Morgan fingerprint density at radius 1 is 1.24 bits per heavy atom. The molecule has 2 rings (SSSR count). The van der Waals surface area contributed by atoms with Gasteiger partial charge in [-0.15, -0.1) is 0 Å². The summed E-state index contributed by atoms with van der Waals surface area (Å²) in [6.45, 7) is 1.01. The van der Waals surface area contributed by atoms with Gasteiger partial charge < -0.3 is 29.1 Å². The lowest BCUT2D eigenvalue weighted by Crippen LogP contribution is -2.59. The van der Waals surface area contributed by atoms with Crippen LogP contribution in [0, 0.1) is 0 Å². The number of amides is 2. The number of carboxylic acid groups (broad SMARTS) is 1. The minimum absolute atomic E-state index is 0.0359. The zero-order valence-corrected chi connectivity index (χ0v) is 11.7. The fraction of sp³-hybridized carbons (Fsp3) is 0.750. The summed E-state index contributed by atoms with van der Waals surface area (Å²) >= 11 is 0. The van der Waals surface area contributed by atoms with Gasteiger partial charge in [-0.1, -0.05) is 0 Å². The van der Waals surface area contributed by atoms with Gasteiger partial charge in [0.25, 0.3) is 0 Å². The Labute approximate surface area is 121 Å². The van der Waals surface area contributed by atoms with Crippen molar-refractivity contribution < 1.29 is 33.7 Å². The molecular formula is C12H18N2O7. The fourth-order valence-corrected chi connectivity index (χ4v) is 2.32. The maximum Gasteiger partial charge on any atom is 0.336 e. The molecule has 9 heteroatoms. The number of urea groups is 1. The predicted molar refractivity (Wildman–Crippen MR) is 67.7 cm³/mol. The first-order valence-electron chi connectivity index (χ1n) is 6.60. The highest BCUT2D eigenvalue weighted by molar-refractivity contribution is 5.84. The molecule has 2 aliphatic heterocycles. The first kappa shape index (κ1) is 15.5. The molecule has 0 saturated carbocycles. The second-order valence-corrected chi connectivity index (χ2v) is 4.73. The van der Waals surface area contributed by atoms with Gasteiger partial charge in [0.05, 0.1) is 33.5 Å². The lowest BCUT2D eigenvalue weighted by atomic mass is 10.2. The zero-order chi connectivity index (χ0) is 15.4. The van der Waals surface area contributed by atoms with Gasteiger partial charge in [-0.3, -0.25) is 0 Å². The normalized spacial score (nSPS) is 26.3. The van der Waals surface area contributed by atoms with Crippen LogP contribution in [0.25, 0.3) is 0 Å². The van der Waals surface area contributed by atoms with Crippen LogP contribution in [0.3, 0.4) is 0 Å². The molecule has 9 nitrogen and oxygen atoms in total. The highest BCUT2D eigenvalue weighted by atomic mass is 16.6. The summed E-state index contributed by atoms with van der Waals surface area (Å²) in [7, 11) is 1.24. The molecule has 2 aliphatic rings. The molecule has 2 unspecified atom stereocenters. The molecule has 0 bridgehead atoms. The summed E-state index contributed by atoms with van der Waals surface area (Å²) in [5.41, 5.74) is 0. The van der Waals surface area contributed by atoms with E-state index in [2.05, 4.69) is 4.74 Å². The molecule has 0 aromatic rings. The number of carbonyl (C=O) groups is 3. The number of aliphatic carboxylic acids is 1. The Morgan fingerprint density at radius 3 is 2.67 bits per heavy atom. The molecule has 0 aromatic heterocycles. The summed E-state index contributed by atoms with van der Waals surface area (Å²) in [4.78, 5) is 37.8. The number of carbonyl (C=O) groups excluding carboxylic acids is 2. The van der Waals surface area contributed by atoms with Gasteiger partial charge in [0.2, 0.25) is 0 Å². The molecule has 2 amide bonds. The van der Waals surface area contributed by atoms with Crippen LogP contribution >= 0.6 is 0 Å². The van der Waals surface area contributed by atoms with Crippen molar-refractivity contribution in [3.63, 3.8) is 0 Å². The second-order valence-electron chi connectivity index (χ2n) is 4.73. The summed E-state index contributed by atoms with van der Waals surface area (Å²) in [5.74, 6) is -1.66. The summed E-state index contributed by atoms with van der Waals surface area (Å²) in [6.07, 6.45) is -0.836. The number of nitrogens with zero attached hydrogens (tertiary/aromatic N) is 2. The van der Waals surface area contributed by atoms with Crippen LogP contribution in [0.15, 0.2) is 0 Å². The molecule has 0 aromatic carbocycles. The van der Waals surface area contributed by atoms with E-state index in [9.17, 15) is 14.4 Å². The monoisotopic (exact) mass is 302 g/mol. The highest BCUT2D eigenvalue weighted by Gasteiger charge is 2.38. The molecule has 0 spiro atoms. The number of hydrogen-bond acceptors (Lipinski definition) is 6. The van der Waals surface area contributed by atoms with Gasteiger partial charge in [-0.2, -0.15) is 0 Å². The molecule has 2 fully saturated rings. The van der Waals surface area contributed by atoms with E-state index in [-0.39, 0.29) is 26.3 Å². The van der Waals surface area contributed by atoms with Gasteiger partial charge in [-0.25, -0.2) is 14.4 Å². The number of morpholine rings is 2. The molecule has 0 aliphatic carbocycles. The van der Waals surface area contributed by atoms with Gasteiger partial charge >= 0.3 is 18.0 Å². The highest BCUT2D eigenvalue weighted by Crippen LogP contribution is 2.14. The van der Waals surface area contributed by atoms with Crippen LogP contribution < -0.4 is 0 Å². The number of hydrogen-bond donors (Lipinski definition) is 1. The largest absolute Gasteiger partial charge is 0.480 e. The van der Waals surface area contributed by atoms with Crippen molar-refractivity contribution in [3.05, 3.63) is 0 Å². The van der Waals surface area contributed by atoms with E-state index in [1.54, 1.807) is 0 Å². The SMILES string of the molecule is COC(=O)C1CN(C(=O)N2CCOCC2C(=O)O)CCO1. The zero-order valence-electron chi connectivity index (χ0n) is 11.7. The number of carboxylic acids is 1. The third-order valence-electron chi connectivity index (χ3n) is 3.46. The molecular weight excluding hydrogens is 284 g/mol. The van der Waals surface area contributed by atoms with Crippen LogP contribution in [0.4, 0.5) is 4.79 Å². The van der Waals surface area contributed by atoms with Crippen molar-refractivity contribution in [1.82, 2.24) is 9.80 Å². The molecule has 0 radical (unpaired) electrons. The second kappa shape index (κ2) is 6.72. The van der Waals surface area contributed by atoms with Crippen molar-refractivity contribution >= 4 is 18.0 Å². The smallest absolute Gasteiger partial charge is 0.336 e. The van der Waals surface area contributed by atoms with E-state index in [0.717, 1.165) is 0 Å². The van der Waals surface area contributed by atoms with Gasteiger partial charge in [0.1, 0.15) is 0 Å². The van der Waals surface area contributed by atoms with Crippen molar-refractivity contribution in [2.75, 3.05) is 46.6 Å². The molecule has 2 saturated heterocycles. The summed E-state index contributed by atoms with van der Waals surface area (Å²) in [5, 5.41) is 9.14. The molecule has 2 heterocycles. The summed E-state index contributed by atoms with van der Waals surface area (Å²) in [6, 6.07) is -1.44. The van der Waals surface area contributed by atoms with Crippen LogP contribution in [-0.4, -0.2) is 91.6 Å². The maximum absolute atomic E-state index is 12.4. The van der Waals surface area contributed by atoms with Crippen molar-refractivity contribution in [3.8, 4) is 0 Å². The minimum Gasteiger partial charge on any atom is -0.480 e. The van der Waals surface area contributed by atoms with E-state index in [0.29, 0.717) is 13.2 Å². The van der Waals surface area contributed by atoms with Crippen molar-refractivity contribution in [2.45, 2.75) is 12.1 Å². The Morgan fingerprint density at radius 2 is 2.00 bits per heavy atom. The first-order valence-corrected chi connectivity index (χ1v) is 6.60. The predicted octanol–water partition coefficient (Wildman–Crippen LogP) is -1.23. The maximum atomic E-state index is 12.4. The Kier molecular flexibility index (Phi) is 4.97. The van der Waals surface area contributed by atoms with Crippen molar-refractivity contribution in [1.29, 1.82) is 0 Å². The molecule has 21 heavy (non-hydrogen) atoms.